The first kappa shape index (κ1) is 26.1. The molecule has 0 aromatic heterocycles. The van der Waals surface area contributed by atoms with E-state index >= 15 is 0 Å². The first-order chi connectivity index (χ1) is 18.3. The highest BCUT2D eigenvalue weighted by atomic mass is 16.7. The molecular formula is C28H36N4O6. The van der Waals surface area contributed by atoms with Crippen LogP contribution in [0.1, 0.15) is 37.0 Å². The van der Waals surface area contributed by atoms with Gasteiger partial charge in [-0.25, -0.2) is 4.79 Å². The summed E-state index contributed by atoms with van der Waals surface area (Å²) in [6.07, 6.45) is 2.30. The summed E-state index contributed by atoms with van der Waals surface area (Å²) >= 11 is 0. The van der Waals surface area contributed by atoms with E-state index in [0.29, 0.717) is 47.3 Å². The summed E-state index contributed by atoms with van der Waals surface area (Å²) in [7, 11) is 2.09. The molecule has 1 saturated carbocycles. The Morgan fingerprint density at radius 2 is 1.95 bits per heavy atom. The molecule has 2 aliphatic heterocycles. The number of aliphatic hydroxyl groups excluding tert-OH is 1. The fraction of sp³-hybridized carbons (Fsp3) is 0.500. The fourth-order valence-electron chi connectivity index (χ4n) is 4.94. The first-order valence-corrected chi connectivity index (χ1v) is 13.2. The smallest absolute Gasteiger partial charge is 0.323 e. The molecule has 0 saturated heterocycles. The molecule has 5 rings (SSSR count). The number of carbonyl (C=O) groups is 2. The van der Waals surface area contributed by atoms with Crippen LogP contribution in [0.15, 0.2) is 36.4 Å². The highest BCUT2D eigenvalue weighted by Gasteiger charge is 2.35. The third-order valence-electron chi connectivity index (χ3n) is 7.33. The van der Waals surface area contributed by atoms with Crippen molar-refractivity contribution >= 4 is 23.3 Å². The lowest BCUT2D eigenvalue weighted by Gasteiger charge is -2.38. The molecule has 0 spiro atoms. The predicted molar refractivity (Wildman–Crippen MR) is 143 cm³/mol. The Kier molecular flexibility index (Phi) is 7.62. The van der Waals surface area contributed by atoms with Gasteiger partial charge in [0.1, 0.15) is 6.10 Å². The number of carbonyl (C=O) groups excluding carboxylic acids is 2. The Hall–Kier alpha value is -3.50. The number of aliphatic hydroxyl groups is 1. The molecule has 10 heteroatoms. The summed E-state index contributed by atoms with van der Waals surface area (Å²) in [4.78, 5) is 30.6. The van der Waals surface area contributed by atoms with Crippen LogP contribution in [0.4, 0.5) is 16.2 Å². The van der Waals surface area contributed by atoms with Crippen molar-refractivity contribution in [1.29, 1.82) is 0 Å². The van der Waals surface area contributed by atoms with Gasteiger partial charge in [0, 0.05) is 37.3 Å². The molecule has 3 aliphatic rings. The summed E-state index contributed by atoms with van der Waals surface area (Å²) in [5.74, 6) is 2.02. The van der Waals surface area contributed by atoms with Crippen molar-refractivity contribution in [2.75, 3.05) is 50.7 Å². The van der Waals surface area contributed by atoms with Gasteiger partial charge in [-0.2, -0.15) is 0 Å². The van der Waals surface area contributed by atoms with Gasteiger partial charge >= 0.3 is 6.03 Å². The van der Waals surface area contributed by atoms with Crippen molar-refractivity contribution in [3.05, 3.63) is 42.0 Å². The Morgan fingerprint density at radius 1 is 1.16 bits per heavy atom. The number of nitrogens with zero attached hydrogens (tertiary/aromatic N) is 2. The van der Waals surface area contributed by atoms with Crippen molar-refractivity contribution in [1.82, 2.24) is 9.80 Å². The molecule has 2 aromatic rings. The number of hydrogen-bond acceptors (Lipinski definition) is 7. The van der Waals surface area contributed by atoms with Crippen LogP contribution < -0.4 is 24.8 Å². The Morgan fingerprint density at radius 3 is 2.71 bits per heavy atom. The lowest BCUT2D eigenvalue weighted by atomic mass is 9.99. The molecule has 1 fully saturated rings. The Bertz CT molecular complexity index is 1190. The van der Waals surface area contributed by atoms with Crippen LogP contribution in [-0.4, -0.2) is 79.1 Å². The van der Waals surface area contributed by atoms with Crippen LogP contribution in [0.3, 0.4) is 0 Å². The van der Waals surface area contributed by atoms with Gasteiger partial charge < -0.3 is 39.8 Å². The second-order valence-electron chi connectivity index (χ2n) is 10.6. The number of urea groups is 1. The van der Waals surface area contributed by atoms with Gasteiger partial charge in [-0.05, 0) is 57.0 Å². The largest absolute Gasteiger partial charge is 0.486 e. The van der Waals surface area contributed by atoms with Crippen molar-refractivity contribution in [2.24, 2.45) is 11.8 Å². The van der Waals surface area contributed by atoms with E-state index in [4.69, 9.17) is 14.2 Å². The molecule has 1 aliphatic carbocycles. The first-order valence-electron chi connectivity index (χ1n) is 13.2. The van der Waals surface area contributed by atoms with Gasteiger partial charge in [-0.1, -0.05) is 13.0 Å². The van der Waals surface area contributed by atoms with Crippen LogP contribution in [0.25, 0.3) is 0 Å². The second-order valence-corrected chi connectivity index (χ2v) is 10.6. The monoisotopic (exact) mass is 524 g/mol. The van der Waals surface area contributed by atoms with Crippen molar-refractivity contribution < 1.29 is 28.9 Å². The van der Waals surface area contributed by atoms with E-state index in [1.54, 1.807) is 41.3 Å². The molecule has 2 heterocycles. The molecule has 3 N–H and O–H groups in total. The van der Waals surface area contributed by atoms with Gasteiger partial charge in [0.25, 0.3) is 5.91 Å². The normalized spacial score (nSPS) is 21.3. The lowest BCUT2D eigenvalue weighted by Crippen LogP contribution is -2.50. The summed E-state index contributed by atoms with van der Waals surface area (Å²) < 4.78 is 17.3. The summed E-state index contributed by atoms with van der Waals surface area (Å²) in [6, 6.07) is 9.47. The predicted octanol–water partition coefficient (Wildman–Crippen LogP) is 3.62. The number of amides is 3. The lowest BCUT2D eigenvalue weighted by molar-refractivity contribution is 0.0346. The standard InChI is InChI=1S/C28H36N4O6/c1-17-12-32(18(2)15-33)27(34)21-5-4-6-22(26(21)38-25(17)14-31(3)13-19-7-8-19)30-28(35)29-20-9-10-23-24(11-20)37-16-36-23/h4-6,9-11,17-19,25,33H,7-8,12-16H2,1-3H3,(H2,29,30,35)/t17-,18+,25-/m1/s1. The Labute approximate surface area is 222 Å². The van der Waals surface area contributed by atoms with Crippen LogP contribution in [-0.2, 0) is 0 Å². The number of likely N-dealkylation sites (N-methyl/N-ethyl adjacent to an activating group) is 1. The molecule has 3 atom stereocenters. The van der Waals surface area contributed by atoms with E-state index < -0.39 is 6.03 Å². The van der Waals surface area contributed by atoms with E-state index in [-0.39, 0.29) is 37.4 Å². The molecular weight excluding hydrogens is 488 g/mol. The van der Waals surface area contributed by atoms with E-state index in [1.807, 2.05) is 6.92 Å². The molecule has 10 nitrogen and oxygen atoms in total. The minimum atomic E-state index is -0.480. The third-order valence-corrected chi connectivity index (χ3v) is 7.33. The zero-order valence-corrected chi connectivity index (χ0v) is 22.1. The highest BCUT2D eigenvalue weighted by Crippen LogP contribution is 2.37. The molecule has 0 unspecified atom stereocenters. The minimum Gasteiger partial charge on any atom is -0.486 e. The number of fused-ring (bicyclic) bond motifs is 2. The fourth-order valence-corrected chi connectivity index (χ4v) is 4.94. The number of anilines is 2. The highest BCUT2D eigenvalue weighted by molar-refractivity contribution is 6.04. The summed E-state index contributed by atoms with van der Waals surface area (Å²) in [6.45, 7) is 6.06. The van der Waals surface area contributed by atoms with Crippen molar-refractivity contribution in [2.45, 2.75) is 38.8 Å². The average Bonchev–Trinajstić information content (AvgIpc) is 3.58. The Balaban J connectivity index is 1.41. The SMILES string of the molecule is C[C@@H]1CN([C@@H](C)CO)C(=O)c2cccc(NC(=O)Nc3ccc4c(c3)OCO4)c2O[C@@H]1CN(C)CC1CC1. The van der Waals surface area contributed by atoms with Crippen LogP contribution in [0.5, 0.6) is 17.2 Å². The number of rotatable bonds is 8. The summed E-state index contributed by atoms with van der Waals surface area (Å²) in [5.41, 5.74) is 1.29. The number of nitrogens with one attached hydrogen (secondary N) is 2. The minimum absolute atomic E-state index is 0.00160. The zero-order valence-electron chi connectivity index (χ0n) is 22.1. The van der Waals surface area contributed by atoms with E-state index in [9.17, 15) is 14.7 Å². The van der Waals surface area contributed by atoms with Crippen LogP contribution >= 0.6 is 0 Å². The summed E-state index contributed by atoms with van der Waals surface area (Å²) in [5, 5.41) is 15.5. The molecule has 0 radical (unpaired) electrons. The molecule has 204 valence electrons. The maximum atomic E-state index is 13.6. The molecule has 3 amide bonds. The third kappa shape index (κ3) is 5.81. The van der Waals surface area contributed by atoms with Crippen molar-refractivity contribution in [3.8, 4) is 17.2 Å². The topological polar surface area (TPSA) is 113 Å². The van der Waals surface area contributed by atoms with Gasteiger partial charge in [0.15, 0.2) is 17.2 Å². The zero-order chi connectivity index (χ0) is 26.8. The molecule has 38 heavy (non-hydrogen) atoms. The van der Waals surface area contributed by atoms with Crippen LogP contribution in [0, 0.1) is 11.8 Å². The van der Waals surface area contributed by atoms with Gasteiger partial charge in [0.2, 0.25) is 6.79 Å². The van der Waals surface area contributed by atoms with Crippen LogP contribution in [0.2, 0.25) is 0 Å². The number of benzene rings is 2. The maximum Gasteiger partial charge on any atom is 0.323 e. The van der Waals surface area contributed by atoms with Gasteiger partial charge in [-0.15, -0.1) is 0 Å². The molecule has 2 aromatic carbocycles. The quantitative estimate of drug-likeness (QED) is 0.484. The second kappa shape index (κ2) is 11.1. The van der Waals surface area contributed by atoms with Crippen molar-refractivity contribution in [3.63, 3.8) is 0 Å². The van der Waals surface area contributed by atoms with E-state index in [2.05, 4.69) is 29.5 Å². The number of ether oxygens (including phenoxy) is 3. The number of hydrogen-bond donors (Lipinski definition) is 3. The molecule has 0 bridgehead atoms. The van der Waals surface area contributed by atoms with Gasteiger partial charge in [0.05, 0.1) is 23.9 Å². The average molecular weight is 525 g/mol. The number of para-hydroxylation sites is 1. The maximum absolute atomic E-state index is 13.6. The van der Waals surface area contributed by atoms with E-state index in [1.165, 1.54) is 12.8 Å². The van der Waals surface area contributed by atoms with E-state index in [0.717, 1.165) is 12.5 Å². The van der Waals surface area contributed by atoms with Gasteiger partial charge in [-0.3, -0.25) is 4.79 Å².